The molecule has 0 spiro atoms. The topological polar surface area (TPSA) is 95.5 Å². The summed E-state index contributed by atoms with van der Waals surface area (Å²) >= 11 is 0. The molecule has 2 aromatic carbocycles. The van der Waals surface area contributed by atoms with E-state index in [1.165, 1.54) is 6.07 Å². The summed E-state index contributed by atoms with van der Waals surface area (Å²) in [4.78, 5) is 24.4. The standard InChI is InChI=1S/C27H23F2N5O3/c1-33-20-10-19(23-16(25(33)35)3-2-4-21(23)37-26(28)29)34-18-9-14(5-7-17(18)32-24(20)34)15-6-8-22(31-11-15)27(30)12-36-13-27/h2-9,11,19-20,26H,10,12-13,30H2,1H3/t19-,20-/m1/s1. The molecule has 1 amide bonds. The summed E-state index contributed by atoms with van der Waals surface area (Å²) in [6, 6.07) is 13.9. The lowest BCUT2D eigenvalue weighted by atomic mass is 9.93. The van der Waals surface area contributed by atoms with E-state index >= 15 is 0 Å². The molecule has 3 aliphatic rings. The minimum absolute atomic E-state index is 0.0150. The Morgan fingerprint density at radius 1 is 1.14 bits per heavy atom. The van der Waals surface area contributed by atoms with Crippen molar-refractivity contribution >= 4 is 16.9 Å². The van der Waals surface area contributed by atoms with Crippen LogP contribution in [0.1, 0.15) is 45.9 Å². The van der Waals surface area contributed by atoms with Crippen LogP contribution in [0.4, 0.5) is 8.78 Å². The highest BCUT2D eigenvalue weighted by Crippen LogP contribution is 2.50. The zero-order valence-electron chi connectivity index (χ0n) is 19.9. The number of nitrogens with zero attached hydrogens (tertiary/aromatic N) is 4. The van der Waals surface area contributed by atoms with Crippen LogP contribution >= 0.6 is 0 Å². The first-order valence-corrected chi connectivity index (χ1v) is 12.0. The molecule has 1 fully saturated rings. The minimum Gasteiger partial charge on any atom is -0.434 e. The SMILES string of the molecule is CN1C(=O)c2cccc(OC(F)F)c2[C@H]2C[C@@H]1c1nc3ccc(-c4ccc(C5(N)COC5)nc4)cc3n12. The predicted molar refractivity (Wildman–Crippen MR) is 130 cm³/mol. The Labute approximate surface area is 210 Å². The molecule has 2 aromatic heterocycles. The summed E-state index contributed by atoms with van der Waals surface area (Å²) in [6.45, 7) is -2.10. The fourth-order valence-electron chi connectivity index (χ4n) is 5.79. The smallest absolute Gasteiger partial charge is 0.387 e. The zero-order valence-corrected chi connectivity index (χ0v) is 19.9. The Bertz CT molecular complexity index is 1560. The summed E-state index contributed by atoms with van der Waals surface area (Å²) in [6.07, 6.45) is 2.32. The van der Waals surface area contributed by atoms with Gasteiger partial charge in [-0.2, -0.15) is 8.78 Å². The van der Waals surface area contributed by atoms with E-state index in [2.05, 4.69) is 9.55 Å². The lowest BCUT2D eigenvalue weighted by Gasteiger charge is -2.37. The molecule has 7 rings (SSSR count). The highest BCUT2D eigenvalue weighted by atomic mass is 19.3. The van der Waals surface area contributed by atoms with Gasteiger partial charge in [0.25, 0.3) is 5.91 Å². The van der Waals surface area contributed by atoms with Gasteiger partial charge in [-0.25, -0.2) is 4.98 Å². The molecule has 37 heavy (non-hydrogen) atoms. The summed E-state index contributed by atoms with van der Waals surface area (Å²) in [5.41, 5.74) is 10.9. The number of rotatable bonds is 4. The predicted octanol–water partition coefficient (Wildman–Crippen LogP) is 4.00. The van der Waals surface area contributed by atoms with Crippen molar-refractivity contribution in [1.29, 1.82) is 0 Å². The van der Waals surface area contributed by atoms with Gasteiger partial charge in [0.2, 0.25) is 0 Å². The molecular formula is C27H23F2N5O3. The van der Waals surface area contributed by atoms with E-state index in [1.54, 1.807) is 30.3 Å². The number of carbonyl (C=O) groups is 1. The Balaban J connectivity index is 1.37. The van der Waals surface area contributed by atoms with Crippen LogP contribution in [0, 0.1) is 0 Å². The molecule has 188 valence electrons. The molecule has 2 bridgehead atoms. The number of nitrogens with two attached hydrogens (primary N) is 1. The van der Waals surface area contributed by atoms with Crippen LogP contribution in [0.3, 0.4) is 0 Å². The highest BCUT2D eigenvalue weighted by molar-refractivity contribution is 5.98. The maximum absolute atomic E-state index is 13.3. The van der Waals surface area contributed by atoms with Gasteiger partial charge in [0.1, 0.15) is 17.1 Å². The average Bonchev–Trinajstić information content (AvgIpc) is 3.40. The number of imidazole rings is 1. The van der Waals surface area contributed by atoms with Gasteiger partial charge >= 0.3 is 6.61 Å². The maximum Gasteiger partial charge on any atom is 0.387 e. The van der Waals surface area contributed by atoms with Gasteiger partial charge in [0, 0.05) is 36.4 Å². The second-order valence-corrected chi connectivity index (χ2v) is 9.90. The van der Waals surface area contributed by atoms with Crippen molar-refractivity contribution in [3.05, 3.63) is 77.4 Å². The number of hydrogen-bond acceptors (Lipinski definition) is 6. The fourth-order valence-corrected chi connectivity index (χ4v) is 5.79. The molecule has 3 aliphatic heterocycles. The second kappa shape index (κ2) is 7.80. The summed E-state index contributed by atoms with van der Waals surface area (Å²) in [5.74, 6) is 0.511. The van der Waals surface area contributed by atoms with E-state index in [1.807, 2.05) is 30.3 Å². The van der Waals surface area contributed by atoms with Gasteiger partial charge in [0.05, 0.1) is 42.0 Å². The number of benzene rings is 2. The lowest BCUT2D eigenvalue weighted by Crippen LogP contribution is -2.54. The first-order valence-electron chi connectivity index (χ1n) is 12.0. The summed E-state index contributed by atoms with van der Waals surface area (Å²) in [7, 11) is 1.73. The minimum atomic E-state index is -3.00. The normalized spacial score (nSPS) is 21.5. The Morgan fingerprint density at radius 3 is 2.65 bits per heavy atom. The van der Waals surface area contributed by atoms with E-state index in [0.717, 1.165) is 33.7 Å². The molecule has 8 nitrogen and oxygen atoms in total. The number of amides is 1. The molecule has 0 radical (unpaired) electrons. The van der Waals surface area contributed by atoms with Crippen LogP contribution in [0.15, 0.2) is 54.7 Å². The van der Waals surface area contributed by atoms with Crippen LogP contribution in [0.5, 0.6) is 5.75 Å². The number of hydrogen-bond donors (Lipinski definition) is 1. The third-order valence-corrected chi connectivity index (χ3v) is 7.73. The molecule has 5 heterocycles. The Morgan fingerprint density at radius 2 is 1.95 bits per heavy atom. The van der Waals surface area contributed by atoms with Crippen molar-refractivity contribution in [3.8, 4) is 16.9 Å². The molecule has 10 heteroatoms. The van der Waals surface area contributed by atoms with Gasteiger partial charge < -0.3 is 24.7 Å². The lowest BCUT2D eigenvalue weighted by molar-refractivity contribution is -0.0590. The van der Waals surface area contributed by atoms with E-state index in [-0.39, 0.29) is 23.7 Å². The molecule has 0 saturated carbocycles. The fraction of sp³-hybridized carbons (Fsp3) is 0.296. The number of alkyl halides is 2. The number of pyridine rings is 1. The molecule has 2 atom stereocenters. The summed E-state index contributed by atoms with van der Waals surface area (Å²) < 4.78 is 38.8. The monoisotopic (exact) mass is 503 g/mol. The van der Waals surface area contributed by atoms with Gasteiger partial charge in [-0.15, -0.1) is 0 Å². The third-order valence-electron chi connectivity index (χ3n) is 7.73. The molecule has 0 unspecified atom stereocenters. The Hall–Kier alpha value is -3.89. The van der Waals surface area contributed by atoms with Crippen LogP contribution in [0.2, 0.25) is 0 Å². The maximum atomic E-state index is 13.3. The number of halogens is 2. The second-order valence-electron chi connectivity index (χ2n) is 9.90. The molecule has 2 N–H and O–H groups in total. The van der Waals surface area contributed by atoms with Crippen molar-refractivity contribution in [2.75, 3.05) is 20.3 Å². The van der Waals surface area contributed by atoms with E-state index < -0.39 is 12.2 Å². The van der Waals surface area contributed by atoms with Crippen molar-refractivity contribution < 1.29 is 23.0 Å². The van der Waals surface area contributed by atoms with Gasteiger partial charge in [-0.05, 0) is 35.9 Å². The quantitative estimate of drug-likeness (QED) is 0.452. The zero-order chi connectivity index (χ0) is 25.5. The first-order chi connectivity index (χ1) is 17.8. The Kier molecular flexibility index (Phi) is 4.71. The number of fused-ring (bicyclic) bond motifs is 9. The first kappa shape index (κ1) is 22.3. The number of carbonyl (C=O) groups excluding carboxylic acids is 1. The van der Waals surface area contributed by atoms with Crippen LogP contribution in [0.25, 0.3) is 22.2 Å². The van der Waals surface area contributed by atoms with Crippen molar-refractivity contribution in [1.82, 2.24) is 19.4 Å². The van der Waals surface area contributed by atoms with Gasteiger partial charge in [-0.1, -0.05) is 18.2 Å². The molecular weight excluding hydrogens is 480 g/mol. The van der Waals surface area contributed by atoms with Crippen LogP contribution in [-0.4, -0.2) is 52.2 Å². The largest absolute Gasteiger partial charge is 0.434 e. The van der Waals surface area contributed by atoms with Crippen molar-refractivity contribution in [3.63, 3.8) is 0 Å². The van der Waals surface area contributed by atoms with E-state index in [4.69, 9.17) is 20.2 Å². The average molecular weight is 504 g/mol. The number of ether oxygens (including phenoxy) is 2. The van der Waals surface area contributed by atoms with Crippen LogP contribution in [-0.2, 0) is 10.3 Å². The van der Waals surface area contributed by atoms with E-state index in [0.29, 0.717) is 30.8 Å². The van der Waals surface area contributed by atoms with Gasteiger partial charge in [0.15, 0.2) is 0 Å². The van der Waals surface area contributed by atoms with Crippen molar-refractivity contribution in [2.45, 2.75) is 30.7 Å². The number of aromatic nitrogens is 3. The van der Waals surface area contributed by atoms with Crippen molar-refractivity contribution in [2.24, 2.45) is 5.73 Å². The van der Waals surface area contributed by atoms with E-state index in [9.17, 15) is 13.6 Å². The summed E-state index contributed by atoms with van der Waals surface area (Å²) in [5, 5.41) is 0. The third kappa shape index (κ3) is 3.22. The molecule has 4 aromatic rings. The highest BCUT2D eigenvalue weighted by Gasteiger charge is 2.45. The van der Waals surface area contributed by atoms with Gasteiger partial charge in [-0.3, -0.25) is 9.78 Å². The van der Waals surface area contributed by atoms with Crippen LogP contribution < -0.4 is 10.5 Å². The molecule has 1 saturated heterocycles. The molecule has 0 aliphatic carbocycles.